The van der Waals surface area contributed by atoms with Gasteiger partial charge in [0.15, 0.2) is 0 Å². The molecule has 0 aromatic heterocycles. The molecule has 5 rings (SSSR count). The highest BCUT2D eigenvalue weighted by Gasteiger charge is 2.70. The third kappa shape index (κ3) is 2.77. The van der Waals surface area contributed by atoms with Crippen molar-refractivity contribution in [2.75, 3.05) is 0 Å². The summed E-state index contributed by atoms with van der Waals surface area (Å²) in [6.07, 6.45) is 15.1. The molecule has 0 amide bonds. The van der Waals surface area contributed by atoms with Crippen LogP contribution >= 0.6 is 0 Å². The molecule has 0 aromatic rings. The van der Waals surface area contributed by atoms with Crippen LogP contribution in [-0.2, 0) is 0 Å². The minimum Gasteiger partial charge on any atom is -0.393 e. The molecule has 31 heavy (non-hydrogen) atoms. The molecule has 0 heterocycles. The highest BCUT2D eigenvalue weighted by atomic mass is 16.3. The predicted octanol–water partition coefficient (Wildman–Crippen LogP) is 8.25. The molecule has 0 saturated heterocycles. The van der Waals surface area contributed by atoms with Crippen molar-refractivity contribution in [2.24, 2.45) is 56.2 Å². The van der Waals surface area contributed by atoms with E-state index in [1.807, 2.05) is 0 Å². The first-order valence-corrected chi connectivity index (χ1v) is 13.9. The molecule has 0 aliphatic heterocycles. The largest absolute Gasteiger partial charge is 0.393 e. The van der Waals surface area contributed by atoms with Crippen LogP contribution < -0.4 is 0 Å². The van der Waals surface area contributed by atoms with Gasteiger partial charge in [-0.25, -0.2) is 0 Å². The molecule has 5 aliphatic carbocycles. The number of aliphatic hydroxyl groups is 1. The highest BCUT2D eigenvalue weighted by Crippen LogP contribution is 2.78. The van der Waals surface area contributed by atoms with E-state index in [2.05, 4.69) is 55.4 Å². The number of fused-ring (bicyclic) bond motifs is 7. The van der Waals surface area contributed by atoms with E-state index >= 15 is 0 Å². The fourth-order valence-electron chi connectivity index (χ4n) is 11.4. The second kappa shape index (κ2) is 6.55. The fourth-order valence-corrected chi connectivity index (χ4v) is 11.4. The quantitative estimate of drug-likeness (QED) is 0.412. The van der Waals surface area contributed by atoms with Crippen molar-refractivity contribution in [3.8, 4) is 0 Å². The molecule has 1 nitrogen and oxygen atoms in total. The standard InChI is InChI=1S/C30H52O/c1-20-21(31)9-10-22-27(20,5)12-11-23-28(22,6)16-18-30(8)24-19-25(2,3)13-14-26(24,4)15-17-29(23,30)7/h20-24,31H,9-19H2,1-8H3/t20-,21+,22-,23-,24+,26+,27+,28+,29+,30+/m0/s1. The van der Waals surface area contributed by atoms with Crippen molar-refractivity contribution >= 4 is 0 Å². The molecule has 5 saturated carbocycles. The van der Waals surface area contributed by atoms with Gasteiger partial charge in [-0.2, -0.15) is 0 Å². The third-order valence-electron chi connectivity index (χ3n) is 13.9. The van der Waals surface area contributed by atoms with E-state index in [9.17, 15) is 5.11 Å². The lowest BCUT2D eigenvalue weighted by Gasteiger charge is -2.75. The molecule has 1 N–H and O–H groups in total. The first kappa shape index (κ1) is 22.7. The van der Waals surface area contributed by atoms with Crippen LogP contribution in [0.25, 0.3) is 0 Å². The summed E-state index contributed by atoms with van der Waals surface area (Å²) >= 11 is 0. The van der Waals surface area contributed by atoms with Crippen LogP contribution in [0.4, 0.5) is 0 Å². The molecular formula is C30H52O. The molecule has 0 aromatic carbocycles. The molecule has 0 bridgehead atoms. The van der Waals surface area contributed by atoms with Gasteiger partial charge in [0.05, 0.1) is 6.10 Å². The zero-order chi connectivity index (χ0) is 22.7. The second-order valence-corrected chi connectivity index (χ2v) is 15.5. The minimum absolute atomic E-state index is 0.0781. The van der Waals surface area contributed by atoms with Crippen LogP contribution in [0.2, 0.25) is 0 Å². The van der Waals surface area contributed by atoms with Gasteiger partial charge in [0, 0.05) is 0 Å². The van der Waals surface area contributed by atoms with E-state index in [1.54, 1.807) is 0 Å². The summed E-state index contributed by atoms with van der Waals surface area (Å²) in [6, 6.07) is 0. The Balaban J connectivity index is 1.54. The number of hydrogen-bond donors (Lipinski definition) is 1. The lowest BCUT2D eigenvalue weighted by atomic mass is 9.30. The Labute approximate surface area is 193 Å². The van der Waals surface area contributed by atoms with E-state index in [4.69, 9.17) is 0 Å². The van der Waals surface area contributed by atoms with Gasteiger partial charge in [-0.05, 0) is 127 Å². The highest BCUT2D eigenvalue weighted by molar-refractivity contribution is 5.19. The van der Waals surface area contributed by atoms with E-state index in [-0.39, 0.29) is 6.10 Å². The van der Waals surface area contributed by atoms with Crippen LogP contribution in [0.5, 0.6) is 0 Å². The topological polar surface area (TPSA) is 20.2 Å². The molecule has 0 radical (unpaired) electrons. The number of aliphatic hydroxyl groups excluding tert-OH is 1. The molecule has 10 atom stereocenters. The maximum absolute atomic E-state index is 10.7. The van der Waals surface area contributed by atoms with Gasteiger partial charge >= 0.3 is 0 Å². The van der Waals surface area contributed by atoms with Crippen molar-refractivity contribution in [1.29, 1.82) is 0 Å². The summed E-state index contributed by atoms with van der Waals surface area (Å²) < 4.78 is 0. The first-order valence-electron chi connectivity index (χ1n) is 13.9. The van der Waals surface area contributed by atoms with Crippen molar-refractivity contribution < 1.29 is 5.11 Å². The van der Waals surface area contributed by atoms with Gasteiger partial charge in [-0.1, -0.05) is 55.4 Å². The van der Waals surface area contributed by atoms with Gasteiger partial charge in [0.25, 0.3) is 0 Å². The zero-order valence-electron chi connectivity index (χ0n) is 22.1. The third-order valence-corrected chi connectivity index (χ3v) is 13.9. The normalized spacial score (nSPS) is 60.9. The predicted molar refractivity (Wildman–Crippen MR) is 131 cm³/mol. The van der Waals surface area contributed by atoms with Crippen molar-refractivity contribution in [3.63, 3.8) is 0 Å². The van der Waals surface area contributed by atoms with Gasteiger partial charge in [-0.15, -0.1) is 0 Å². The first-order chi connectivity index (χ1) is 14.2. The molecule has 5 aliphatic rings. The maximum atomic E-state index is 10.7. The van der Waals surface area contributed by atoms with Gasteiger partial charge in [0.2, 0.25) is 0 Å². The minimum atomic E-state index is -0.0781. The molecule has 0 unspecified atom stereocenters. The van der Waals surface area contributed by atoms with E-state index in [1.165, 1.54) is 64.2 Å². The van der Waals surface area contributed by atoms with Crippen LogP contribution in [-0.4, -0.2) is 11.2 Å². The average molecular weight is 429 g/mol. The maximum Gasteiger partial charge on any atom is 0.0571 e. The summed E-state index contributed by atoms with van der Waals surface area (Å²) in [6.45, 7) is 20.9. The van der Waals surface area contributed by atoms with Gasteiger partial charge in [0.1, 0.15) is 0 Å². The Morgan fingerprint density at radius 3 is 1.90 bits per heavy atom. The molecule has 0 spiro atoms. The Hall–Kier alpha value is -0.0400. The van der Waals surface area contributed by atoms with Crippen LogP contribution in [0.1, 0.15) is 126 Å². The fraction of sp³-hybridized carbons (Fsp3) is 1.00. The van der Waals surface area contributed by atoms with Crippen molar-refractivity contribution in [1.82, 2.24) is 0 Å². The zero-order valence-corrected chi connectivity index (χ0v) is 22.1. The lowest BCUT2D eigenvalue weighted by molar-refractivity contribution is -0.263. The van der Waals surface area contributed by atoms with Gasteiger partial charge in [-0.3, -0.25) is 0 Å². The second-order valence-electron chi connectivity index (χ2n) is 15.5. The monoisotopic (exact) mass is 428 g/mol. The SMILES string of the molecule is C[C@H]1[C@H](O)CC[C@H]2[C@]1(C)CC[C@H]1[C@]2(C)CC[C@]2(C)[C@@H]3CC(C)(C)CC[C@]3(C)CC[C@]12C. The Kier molecular flexibility index (Phi) is 4.80. The van der Waals surface area contributed by atoms with Crippen molar-refractivity contribution in [3.05, 3.63) is 0 Å². The Morgan fingerprint density at radius 1 is 0.581 bits per heavy atom. The van der Waals surface area contributed by atoms with E-state index < -0.39 is 0 Å². The Bertz CT molecular complexity index is 741. The van der Waals surface area contributed by atoms with E-state index in [0.717, 1.165) is 24.2 Å². The smallest absolute Gasteiger partial charge is 0.0571 e. The summed E-state index contributed by atoms with van der Waals surface area (Å²) in [5.41, 5.74) is 2.88. The van der Waals surface area contributed by atoms with Gasteiger partial charge < -0.3 is 5.11 Å². The molecule has 1 heteroatoms. The summed E-state index contributed by atoms with van der Waals surface area (Å²) in [7, 11) is 0. The van der Waals surface area contributed by atoms with Crippen LogP contribution in [0.15, 0.2) is 0 Å². The van der Waals surface area contributed by atoms with Crippen molar-refractivity contribution in [2.45, 2.75) is 132 Å². The molecule has 178 valence electrons. The number of hydrogen-bond acceptors (Lipinski definition) is 1. The van der Waals surface area contributed by atoms with Crippen LogP contribution in [0, 0.1) is 56.2 Å². The summed E-state index contributed by atoms with van der Waals surface area (Å²) in [4.78, 5) is 0. The summed E-state index contributed by atoms with van der Waals surface area (Å²) in [5.74, 6) is 3.02. The lowest BCUT2D eigenvalue weighted by Crippen LogP contribution is -2.67. The summed E-state index contributed by atoms with van der Waals surface area (Å²) in [5, 5.41) is 10.7. The van der Waals surface area contributed by atoms with E-state index in [0.29, 0.717) is 38.4 Å². The average Bonchev–Trinajstić information content (AvgIpc) is 2.69. The molecule has 5 fully saturated rings. The van der Waals surface area contributed by atoms with Crippen LogP contribution in [0.3, 0.4) is 0 Å². The Morgan fingerprint density at radius 2 is 1.19 bits per heavy atom. The number of rotatable bonds is 0. The molecular weight excluding hydrogens is 376 g/mol.